The molecule has 23 heavy (non-hydrogen) atoms. The zero-order chi connectivity index (χ0) is 16.2. The van der Waals surface area contributed by atoms with Gasteiger partial charge in [-0.2, -0.15) is 0 Å². The van der Waals surface area contributed by atoms with Crippen LogP contribution in [0.3, 0.4) is 0 Å². The second kappa shape index (κ2) is 6.52. The van der Waals surface area contributed by atoms with Crippen molar-refractivity contribution < 1.29 is 14.3 Å². The third-order valence-electron chi connectivity index (χ3n) is 3.90. The number of nitrogens with zero attached hydrogens (tertiary/aromatic N) is 1. The quantitative estimate of drug-likeness (QED) is 0.924. The molecule has 0 saturated heterocycles. The molecule has 0 saturated carbocycles. The molecule has 1 aliphatic rings. The maximum Gasteiger partial charge on any atom is 0.411 e. The zero-order valence-corrected chi connectivity index (χ0v) is 12.9. The number of rotatable bonds is 2. The fourth-order valence-corrected chi connectivity index (χ4v) is 2.77. The Morgan fingerprint density at radius 2 is 1.91 bits per heavy atom. The predicted molar refractivity (Wildman–Crippen MR) is 88.9 cm³/mol. The summed E-state index contributed by atoms with van der Waals surface area (Å²) in [5.41, 5.74) is 3.23. The van der Waals surface area contributed by atoms with Crippen LogP contribution < -0.4 is 10.2 Å². The highest BCUT2D eigenvalue weighted by molar-refractivity contribution is 6.07. The second-order valence-electron chi connectivity index (χ2n) is 5.39. The first-order chi connectivity index (χ1) is 11.2. The first-order valence-electron chi connectivity index (χ1n) is 7.54. The van der Waals surface area contributed by atoms with Gasteiger partial charge in [0.05, 0.1) is 7.11 Å². The first kappa shape index (κ1) is 15.1. The molecule has 1 N–H and O–H groups in total. The van der Waals surface area contributed by atoms with E-state index < -0.39 is 6.09 Å². The van der Waals surface area contributed by atoms with Crippen LogP contribution in [0.15, 0.2) is 48.5 Å². The largest absolute Gasteiger partial charge is 0.453 e. The minimum atomic E-state index is -0.526. The number of nitrogens with one attached hydrogen (secondary N) is 1. The van der Waals surface area contributed by atoms with Crippen LogP contribution in [-0.4, -0.2) is 25.7 Å². The summed E-state index contributed by atoms with van der Waals surface area (Å²) in [5.74, 6) is -0.0261. The van der Waals surface area contributed by atoms with Crippen LogP contribution in [0.25, 0.3) is 0 Å². The minimum Gasteiger partial charge on any atom is -0.453 e. The van der Waals surface area contributed by atoms with E-state index in [1.54, 1.807) is 4.90 Å². The van der Waals surface area contributed by atoms with E-state index in [9.17, 15) is 9.59 Å². The van der Waals surface area contributed by atoms with Gasteiger partial charge in [0.2, 0.25) is 0 Å². The average molecular weight is 310 g/mol. The van der Waals surface area contributed by atoms with E-state index >= 15 is 0 Å². The number of carbonyl (C=O) groups excluding carboxylic acids is 2. The van der Waals surface area contributed by atoms with Gasteiger partial charge >= 0.3 is 6.09 Å². The Kier molecular flexibility index (Phi) is 4.28. The maximum absolute atomic E-state index is 12.8. The van der Waals surface area contributed by atoms with Crippen LogP contribution in [0.4, 0.5) is 16.2 Å². The van der Waals surface area contributed by atoms with Crippen molar-refractivity contribution in [3.63, 3.8) is 0 Å². The number of carbonyl (C=O) groups is 2. The summed E-state index contributed by atoms with van der Waals surface area (Å²) in [7, 11) is 1.32. The molecule has 0 aliphatic carbocycles. The van der Waals surface area contributed by atoms with Gasteiger partial charge in [-0.05, 0) is 42.7 Å². The zero-order valence-electron chi connectivity index (χ0n) is 12.9. The molecule has 5 heteroatoms. The molecule has 2 aromatic carbocycles. The highest BCUT2D eigenvalue weighted by Crippen LogP contribution is 2.31. The number of benzene rings is 2. The molecule has 118 valence electrons. The number of amides is 2. The Morgan fingerprint density at radius 3 is 2.65 bits per heavy atom. The van der Waals surface area contributed by atoms with Crippen LogP contribution in [0, 0.1) is 0 Å². The Bertz CT molecular complexity index is 728. The van der Waals surface area contributed by atoms with Gasteiger partial charge in [-0.15, -0.1) is 0 Å². The van der Waals surface area contributed by atoms with Crippen molar-refractivity contribution >= 4 is 23.4 Å². The molecule has 3 rings (SSSR count). The highest BCUT2D eigenvalue weighted by Gasteiger charge is 2.24. The van der Waals surface area contributed by atoms with Crippen molar-refractivity contribution in [2.45, 2.75) is 12.8 Å². The van der Waals surface area contributed by atoms with Crippen LogP contribution in [0.1, 0.15) is 22.3 Å². The molecule has 0 radical (unpaired) electrons. The summed E-state index contributed by atoms with van der Waals surface area (Å²) in [5, 5.41) is 2.64. The van der Waals surface area contributed by atoms with Gasteiger partial charge in [-0.1, -0.05) is 24.3 Å². The predicted octanol–water partition coefficient (Wildman–Crippen LogP) is 3.46. The number of aryl methyl sites for hydroxylation is 1. The molecule has 0 fully saturated rings. The van der Waals surface area contributed by atoms with Crippen molar-refractivity contribution in [1.82, 2.24) is 0 Å². The van der Waals surface area contributed by atoms with Crippen LogP contribution in [-0.2, 0) is 11.2 Å². The van der Waals surface area contributed by atoms with E-state index in [1.165, 1.54) is 7.11 Å². The molecular weight excluding hydrogens is 292 g/mol. The Balaban J connectivity index is 1.92. The average Bonchev–Trinajstić information content (AvgIpc) is 2.61. The lowest BCUT2D eigenvalue weighted by atomic mass is 10.00. The molecule has 0 aromatic heterocycles. The number of ether oxygens (including phenoxy) is 1. The number of hydrogen-bond donors (Lipinski definition) is 1. The molecule has 5 nitrogen and oxygen atoms in total. The van der Waals surface area contributed by atoms with Gasteiger partial charge in [-0.25, -0.2) is 4.79 Å². The van der Waals surface area contributed by atoms with Crippen molar-refractivity contribution in [3.05, 3.63) is 59.7 Å². The normalized spacial score (nSPS) is 13.2. The first-order valence-corrected chi connectivity index (χ1v) is 7.54. The van der Waals surface area contributed by atoms with Crippen molar-refractivity contribution in [1.29, 1.82) is 0 Å². The summed E-state index contributed by atoms with van der Waals surface area (Å²) < 4.78 is 4.61. The van der Waals surface area contributed by atoms with E-state index in [-0.39, 0.29) is 5.91 Å². The second-order valence-corrected chi connectivity index (χ2v) is 5.39. The van der Waals surface area contributed by atoms with E-state index in [0.717, 1.165) is 24.1 Å². The van der Waals surface area contributed by atoms with E-state index in [0.29, 0.717) is 17.8 Å². The molecule has 1 heterocycles. The van der Waals surface area contributed by atoms with Gasteiger partial charge in [0, 0.05) is 23.5 Å². The molecule has 2 amide bonds. The Hall–Kier alpha value is -2.82. The maximum atomic E-state index is 12.8. The lowest BCUT2D eigenvalue weighted by Gasteiger charge is -2.30. The molecule has 0 atom stereocenters. The van der Waals surface area contributed by atoms with Crippen molar-refractivity contribution in [3.8, 4) is 0 Å². The van der Waals surface area contributed by atoms with Crippen molar-refractivity contribution in [2.75, 3.05) is 23.9 Å². The molecular formula is C18H18N2O3. The summed E-state index contributed by atoms with van der Waals surface area (Å²) >= 11 is 0. The van der Waals surface area contributed by atoms with Crippen LogP contribution >= 0.6 is 0 Å². The summed E-state index contributed by atoms with van der Waals surface area (Å²) in [6, 6.07) is 14.8. The number of hydrogen-bond acceptors (Lipinski definition) is 3. The highest BCUT2D eigenvalue weighted by atomic mass is 16.5. The summed E-state index contributed by atoms with van der Waals surface area (Å²) in [6.45, 7) is 0.669. The summed E-state index contributed by atoms with van der Waals surface area (Å²) in [4.78, 5) is 25.9. The minimum absolute atomic E-state index is 0.0261. The smallest absolute Gasteiger partial charge is 0.411 e. The van der Waals surface area contributed by atoms with E-state index in [1.807, 2.05) is 48.5 Å². The van der Waals surface area contributed by atoms with Gasteiger partial charge in [-0.3, -0.25) is 10.1 Å². The standard InChI is InChI=1S/C18H18N2O3/c1-23-18(22)19-15-10-9-13-8-5-11-20(16(13)12-15)17(21)14-6-3-2-4-7-14/h2-4,6-7,9-10,12H,5,8,11H2,1H3,(H,19,22). The topological polar surface area (TPSA) is 58.6 Å². The Morgan fingerprint density at radius 1 is 1.13 bits per heavy atom. The third-order valence-corrected chi connectivity index (χ3v) is 3.90. The van der Waals surface area contributed by atoms with Crippen LogP contribution in [0.5, 0.6) is 0 Å². The SMILES string of the molecule is COC(=O)Nc1ccc2c(c1)N(C(=O)c1ccccc1)CCC2. The lowest BCUT2D eigenvalue weighted by molar-refractivity contribution is 0.0985. The van der Waals surface area contributed by atoms with Gasteiger partial charge in [0.15, 0.2) is 0 Å². The van der Waals surface area contributed by atoms with E-state index in [4.69, 9.17) is 0 Å². The fraction of sp³-hybridized carbons (Fsp3) is 0.222. The van der Waals surface area contributed by atoms with Crippen LogP contribution in [0.2, 0.25) is 0 Å². The van der Waals surface area contributed by atoms with Gasteiger partial charge < -0.3 is 9.64 Å². The van der Waals surface area contributed by atoms with E-state index in [2.05, 4.69) is 10.1 Å². The molecule has 0 spiro atoms. The summed E-state index contributed by atoms with van der Waals surface area (Å²) in [6.07, 6.45) is 1.32. The molecule has 1 aliphatic heterocycles. The number of fused-ring (bicyclic) bond motifs is 1. The molecule has 2 aromatic rings. The monoisotopic (exact) mass is 310 g/mol. The van der Waals surface area contributed by atoms with Gasteiger partial charge in [0.25, 0.3) is 5.91 Å². The number of anilines is 2. The number of methoxy groups -OCH3 is 1. The molecule has 0 bridgehead atoms. The Labute approximate surface area is 134 Å². The third kappa shape index (κ3) is 3.18. The lowest BCUT2D eigenvalue weighted by Crippen LogP contribution is -2.35. The van der Waals surface area contributed by atoms with Crippen molar-refractivity contribution in [2.24, 2.45) is 0 Å². The van der Waals surface area contributed by atoms with Gasteiger partial charge in [0.1, 0.15) is 0 Å². The molecule has 0 unspecified atom stereocenters. The fourth-order valence-electron chi connectivity index (χ4n) is 2.77.